The lowest BCUT2D eigenvalue weighted by Crippen LogP contribution is -2.20. The topological polar surface area (TPSA) is 46.5 Å². The van der Waals surface area contributed by atoms with Gasteiger partial charge in [-0.15, -0.1) is 0 Å². The number of hydrogen-bond donors (Lipinski definition) is 1. The third kappa shape index (κ3) is 3.25. The van der Waals surface area contributed by atoms with Crippen molar-refractivity contribution in [3.05, 3.63) is 12.8 Å². The molecule has 0 aromatic rings. The first-order valence-corrected chi connectivity index (χ1v) is 3.21. The zero-order valence-electron chi connectivity index (χ0n) is 6.04. The maximum atomic E-state index is 10.6. The number of rotatable bonds is 4. The van der Waals surface area contributed by atoms with Crippen LogP contribution in [-0.4, -0.2) is 17.2 Å². The highest BCUT2D eigenvalue weighted by Crippen LogP contribution is 1.97. The lowest BCUT2D eigenvalue weighted by atomic mass is 10.2. The average molecular weight is 144 g/mol. The van der Waals surface area contributed by atoms with E-state index in [1.807, 2.05) is 6.92 Å². The molecule has 0 aliphatic carbocycles. The Morgan fingerprint density at radius 1 is 1.90 bits per heavy atom. The fourth-order valence-electron chi connectivity index (χ4n) is 0.552. The first kappa shape index (κ1) is 9.17. The molecule has 0 saturated carbocycles. The van der Waals surface area contributed by atoms with Crippen molar-refractivity contribution in [1.82, 2.24) is 0 Å². The second-order valence-electron chi connectivity index (χ2n) is 1.91. The van der Waals surface area contributed by atoms with Crippen LogP contribution in [0.25, 0.3) is 0 Å². The maximum absolute atomic E-state index is 10.6. The lowest BCUT2D eigenvalue weighted by Gasteiger charge is -2.04. The Bertz CT molecular complexity index is 120. The molecule has 0 aromatic heterocycles. The summed E-state index contributed by atoms with van der Waals surface area (Å²) in [5, 5.41) is 8.93. The largest absolute Gasteiger partial charge is 0.433 e. The van der Waals surface area contributed by atoms with E-state index in [2.05, 4.69) is 11.3 Å². The standard InChI is InChI=1S/C7H12O3/c1-3-5-6(8)7(9)10-4-2/h4,6,8H,2-3,5H2,1H3. The summed E-state index contributed by atoms with van der Waals surface area (Å²) in [6.45, 7) is 5.07. The van der Waals surface area contributed by atoms with Crippen LogP contribution in [0, 0.1) is 0 Å². The SMILES string of the molecule is C=COC(=O)C(O)CCC. The summed E-state index contributed by atoms with van der Waals surface area (Å²) in [6.07, 6.45) is 1.21. The first-order chi connectivity index (χ1) is 4.72. The molecule has 0 saturated heterocycles. The van der Waals surface area contributed by atoms with Gasteiger partial charge in [-0.05, 0) is 6.42 Å². The van der Waals surface area contributed by atoms with Gasteiger partial charge in [-0.2, -0.15) is 0 Å². The van der Waals surface area contributed by atoms with Crippen molar-refractivity contribution in [1.29, 1.82) is 0 Å². The summed E-state index contributed by atoms with van der Waals surface area (Å²) in [7, 11) is 0. The Morgan fingerprint density at radius 3 is 2.90 bits per heavy atom. The van der Waals surface area contributed by atoms with Gasteiger partial charge in [0.1, 0.15) is 0 Å². The molecule has 3 heteroatoms. The number of carbonyl (C=O) groups excluding carboxylic acids is 1. The van der Waals surface area contributed by atoms with Crippen molar-refractivity contribution < 1.29 is 14.6 Å². The van der Waals surface area contributed by atoms with Crippen LogP contribution in [0.1, 0.15) is 19.8 Å². The van der Waals surface area contributed by atoms with Gasteiger partial charge < -0.3 is 9.84 Å². The van der Waals surface area contributed by atoms with E-state index in [1.54, 1.807) is 0 Å². The minimum absolute atomic E-state index is 0.437. The molecule has 0 aliphatic rings. The van der Waals surface area contributed by atoms with E-state index >= 15 is 0 Å². The Hall–Kier alpha value is -0.830. The summed E-state index contributed by atoms with van der Waals surface area (Å²) in [6, 6.07) is 0. The smallest absolute Gasteiger partial charge is 0.339 e. The van der Waals surface area contributed by atoms with Crippen molar-refractivity contribution in [2.45, 2.75) is 25.9 Å². The predicted molar refractivity (Wildman–Crippen MR) is 37.2 cm³/mol. The molecule has 0 spiro atoms. The van der Waals surface area contributed by atoms with E-state index in [1.165, 1.54) is 0 Å². The van der Waals surface area contributed by atoms with Gasteiger partial charge in [0.2, 0.25) is 0 Å². The summed E-state index contributed by atoms with van der Waals surface area (Å²) in [5.74, 6) is -0.628. The Labute approximate surface area is 60.3 Å². The normalized spacial score (nSPS) is 12.2. The van der Waals surface area contributed by atoms with Gasteiger partial charge in [0.15, 0.2) is 6.10 Å². The van der Waals surface area contributed by atoms with E-state index in [0.717, 1.165) is 12.7 Å². The van der Waals surface area contributed by atoms with Gasteiger partial charge in [0.05, 0.1) is 6.26 Å². The molecule has 0 bridgehead atoms. The van der Waals surface area contributed by atoms with Gasteiger partial charge in [0, 0.05) is 0 Å². The number of ether oxygens (including phenoxy) is 1. The molecule has 58 valence electrons. The van der Waals surface area contributed by atoms with Gasteiger partial charge in [0.25, 0.3) is 0 Å². The number of carbonyl (C=O) groups is 1. The van der Waals surface area contributed by atoms with Gasteiger partial charge in [-0.1, -0.05) is 19.9 Å². The second-order valence-corrected chi connectivity index (χ2v) is 1.91. The van der Waals surface area contributed by atoms with Gasteiger partial charge in [-0.25, -0.2) is 4.79 Å². The molecular weight excluding hydrogens is 132 g/mol. The van der Waals surface area contributed by atoms with Crippen LogP contribution in [0.3, 0.4) is 0 Å². The summed E-state index contributed by atoms with van der Waals surface area (Å²) in [4.78, 5) is 10.6. The minimum atomic E-state index is -0.997. The fraction of sp³-hybridized carbons (Fsp3) is 0.571. The quantitative estimate of drug-likeness (QED) is 0.469. The summed E-state index contributed by atoms with van der Waals surface area (Å²) >= 11 is 0. The average Bonchev–Trinajstić information content (AvgIpc) is 1.89. The molecule has 0 heterocycles. The molecule has 3 nitrogen and oxygen atoms in total. The van der Waals surface area contributed by atoms with Crippen LogP contribution < -0.4 is 0 Å². The van der Waals surface area contributed by atoms with Crippen molar-refractivity contribution in [2.75, 3.05) is 0 Å². The van der Waals surface area contributed by atoms with Crippen LogP contribution in [0.15, 0.2) is 12.8 Å². The van der Waals surface area contributed by atoms with E-state index in [4.69, 9.17) is 5.11 Å². The summed E-state index contributed by atoms with van der Waals surface area (Å²) < 4.78 is 4.33. The highest BCUT2D eigenvalue weighted by Gasteiger charge is 2.13. The number of esters is 1. The Kier molecular flexibility index (Phi) is 4.58. The lowest BCUT2D eigenvalue weighted by molar-refractivity contribution is -0.147. The monoisotopic (exact) mass is 144 g/mol. The Balaban J connectivity index is 3.58. The summed E-state index contributed by atoms with van der Waals surface area (Å²) in [5.41, 5.74) is 0. The molecule has 1 unspecified atom stereocenters. The van der Waals surface area contributed by atoms with Crippen molar-refractivity contribution in [3.63, 3.8) is 0 Å². The molecule has 0 aromatic carbocycles. The van der Waals surface area contributed by atoms with Crippen molar-refractivity contribution in [2.24, 2.45) is 0 Å². The molecule has 0 radical (unpaired) electrons. The molecule has 0 fully saturated rings. The third-order valence-corrected chi connectivity index (χ3v) is 1.03. The first-order valence-electron chi connectivity index (χ1n) is 3.21. The van der Waals surface area contributed by atoms with E-state index in [9.17, 15) is 4.79 Å². The van der Waals surface area contributed by atoms with Crippen LogP contribution in [-0.2, 0) is 9.53 Å². The van der Waals surface area contributed by atoms with Crippen molar-refractivity contribution >= 4 is 5.97 Å². The highest BCUT2D eigenvalue weighted by molar-refractivity contribution is 5.74. The fourth-order valence-corrected chi connectivity index (χ4v) is 0.552. The third-order valence-electron chi connectivity index (χ3n) is 1.03. The number of aliphatic hydroxyl groups is 1. The predicted octanol–water partition coefficient (Wildman–Crippen LogP) is 0.834. The zero-order chi connectivity index (χ0) is 7.98. The maximum Gasteiger partial charge on any atom is 0.339 e. The van der Waals surface area contributed by atoms with Crippen LogP contribution in [0.4, 0.5) is 0 Å². The van der Waals surface area contributed by atoms with E-state index < -0.39 is 12.1 Å². The molecule has 0 aliphatic heterocycles. The Morgan fingerprint density at radius 2 is 2.50 bits per heavy atom. The van der Waals surface area contributed by atoms with Crippen LogP contribution in [0.2, 0.25) is 0 Å². The molecule has 0 amide bonds. The molecule has 10 heavy (non-hydrogen) atoms. The number of aliphatic hydroxyl groups excluding tert-OH is 1. The van der Waals surface area contributed by atoms with Crippen molar-refractivity contribution in [3.8, 4) is 0 Å². The molecular formula is C7H12O3. The molecule has 0 rings (SSSR count). The van der Waals surface area contributed by atoms with Crippen LogP contribution in [0.5, 0.6) is 0 Å². The second kappa shape index (κ2) is 4.99. The van der Waals surface area contributed by atoms with E-state index in [-0.39, 0.29) is 0 Å². The van der Waals surface area contributed by atoms with Crippen LogP contribution >= 0.6 is 0 Å². The molecule has 1 N–H and O–H groups in total. The zero-order valence-corrected chi connectivity index (χ0v) is 6.04. The van der Waals surface area contributed by atoms with E-state index in [0.29, 0.717) is 6.42 Å². The highest BCUT2D eigenvalue weighted by atomic mass is 16.5. The van der Waals surface area contributed by atoms with Gasteiger partial charge >= 0.3 is 5.97 Å². The molecule has 1 atom stereocenters. The minimum Gasteiger partial charge on any atom is -0.433 e. The van der Waals surface area contributed by atoms with Gasteiger partial charge in [-0.3, -0.25) is 0 Å². The number of hydrogen-bond acceptors (Lipinski definition) is 3.